The van der Waals surface area contributed by atoms with Crippen molar-refractivity contribution in [2.24, 2.45) is 0 Å². The summed E-state index contributed by atoms with van der Waals surface area (Å²) in [5.74, 6) is 1.39. The average Bonchev–Trinajstić information content (AvgIpc) is 3.35. The summed E-state index contributed by atoms with van der Waals surface area (Å²) in [7, 11) is 0. The molecule has 6 aromatic rings. The Labute approximate surface area is 298 Å². The SMILES string of the molecule is CC(C)(C1=Cc2c(oc3c(C(C)(C)c4ccccc4)cc(C(C)(C)c4ccccc4)cc23)OC(C(C)(C)c2ccccc2)=C1)c1ccccc1. The Morgan fingerprint density at radius 1 is 0.420 bits per heavy atom. The Hall–Kier alpha value is -5.08. The minimum absolute atomic E-state index is 0.263. The van der Waals surface area contributed by atoms with Crippen molar-refractivity contribution in [3.63, 3.8) is 0 Å². The van der Waals surface area contributed by atoms with E-state index in [1.807, 2.05) is 0 Å². The molecule has 0 radical (unpaired) electrons. The minimum Gasteiger partial charge on any atom is -0.429 e. The second-order valence-corrected chi connectivity index (χ2v) is 15.9. The van der Waals surface area contributed by atoms with Gasteiger partial charge in [0.05, 0.1) is 5.56 Å². The lowest BCUT2D eigenvalue weighted by molar-refractivity contribution is 0.274. The average molecular weight is 657 g/mol. The highest BCUT2D eigenvalue weighted by Crippen LogP contribution is 2.49. The smallest absolute Gasteiger partial charge is 0.298 e. The maximum absolute atomic E-state index is 7.05. The Bertz CT molecular complexity index is 2190. The van der Waals surface area contributed by atoms with E-state index in [9.17, 15) is 0 Å². The summed E-state index contributed by atoms with van der Waals surface area (Å²) in [6.07, 6.45) is 4.58. The Kier molecular flexibility index (Phi) is 8.26. The van der Waals surface area contributed by atoms with Crippen LogP contribution in [-0.4, -0.2) is 0 Å². The fourth-order valence-corrected chi connectivity index (χ4v) is 7.42. The van der Waals surface area contributed by atoms with Crippen LogP contribution in [0.2, 0.25) is 0 Å². The number of fused-ring (bicyclic) bond motifs is 3. The van der Waals surface area contributed by atoms with E-state index in [0.29, 0.717) is 5.95 Å². The molecule has 0 atom stereocenters. The standard InChI is InChI=1S/C48H48O2/c1-45(2,33-21-13-9-14-22-33)37-29-39-40-30-38(46(3,4)34-23-15-10-16-24-34)32-42(48(7,8)36-27-19-12-20-28-36)49-44(40)50-43(39)41(31-37)47(5,6)35-25-17-11-18-26-35/h9-32H,1-8H3. The molecule has 2 heterocycles. The maximum atomic E-state index is 7.05. The zero-order valence-electron chi connectivity index (χ0n) is 30.7. The monoisotopic (exact) mass is 656 g/mol. The summed E-state index contributed by atoms with van der Waals surface area (Å²) in [5.41, 5.74) is 8.94. The largest absolute Gasteiger partial charge is 0.429 e. The molecular weight excluding hydrogens is 609 g/mol. The third-order valence-corrected chi connectivity index (χ3v) is 11.3. The third-order valence-electron chi connectivity index (χ3n) is 11.3. The van der Waals surface area contributed by atoms with Crippen LogP contribution in [0.3, 0.4) is 0 Å². The lowest BCUT2D eigenvalue weighted by atomic mass is 9.72. The first-order chi connectivity index (χ1) is 23.8. The molecule has 0 aliphatic carbocycles. The van der Waals surface area contributed by atoms with E-state index >= 15 is 0 Å². The van der Waals surface area contributed by atoms with Crippen molar-refractivity contribution in [1.82, 2.24) is 0 Å². The van der Waals surface area contributed by atoms with E-state index < -0.39 is 5.41 Å². The molecule has 1 aliphatic heterocycles. The summed E-state index contributed by atoms with van der Waals surface area (Å²) in [6.45, 7) is 18.3. The van der Waals surface area contributed by atoms with Gasteiger partial charge in [-0.05, 0) is 65.5 Å². The lowest BCUT2D eigenvalue weighted by Gasteiger charge is -2.31. The molecule has 0 amide bonds. The number of furan rings is 1. The molecule has 0 saturated carbocycles. The number of allylic oxidation sites excluding steroid dienone is 3. The highest BCUT2D eigenvalue weighted by atomic mass is 16.6. The maximum Gasteiger partial charge on any atom is 0.298 e. The van der Waals surface area contributed by atoms with Gasteiger partial charge < -0.3 is 9.15 Å². The second-order valence-electron chi connectivity index (χ2n) is 15.9. The van der Waals surface area contributed by atoms with Crippen LogP contribution in [0.1, 0.15) is 94.3 Å². The molecule has 7 rings (SSSR count). The number of benzene rings is 5. The number of ether oxygens (including phenoxy) is 1. The molecule has 2 heteroatoms. The van der Waals surface area contributed by atoms with Gasteiger partial charge in [0.25, 0.3) is 5.95 Å². The normalized spacial score (nSPS) is 14.0. The zero-order chi connectivity index (χ0) is 35.3. The molecule has 0 saturated heterocycles. The molecule has 1 aliphatic rings. The van der Waals surface area contributed by atoms with Crippen molar-refractivity contribution in [3.8, 4) is 5.95 Å². The number of rotatable bonds is 8. The van der Waals surface area contributed by atoms with Crippen LogP contribution in [0.15, 0.2) is 155 Å². The van der Waals surface area contributed by atoms with Gasteiger partial charge in [-0.2, -0.15) is 0 Å². The molecule has 5 aromatic carbocycles. The summed E-state index contributed by atoms with van der Waals surface area (Å²) >= 11 is 0. The van der Waals surface area contributed by atoms with Crippen molar-refractivity contribution in [3.05, 3.63) is 190 Å². The van der Waals surface area contributed by atoms with Crippen LogP contribution in [0.5, 0.6) is 5.95 Å². The summed E-state index contributed by atoms with van der Waals surface area (Å²) in [5, 5.41) is 1.06. The molecule has 1 aromatic heterocycles. The molecule has 0 spiro atoms. The highest BCUT2D eigenvalue weighted by molar-refractivity contribution is 5.95. The van der Waals surface area contributed by atoms with Crippen molar-refractivity contribution < 1.29 is 9.15 Å². The predicted molar refractivity (Wildman–Crippen MR) is 209 cm³/mol. The van der Waals surface area contributed by atoms with Crippen molar-refractivity contribution in [2.45, 2.75) is 77.0 Å². The minimum atomic E-state index is -0.430. The summed E-state index contributed by atoms with van der Waals surface area (Å²) in [6, 6.07) is 47.7. The van der Waals surface area contributed by atoms with Gasteiger partial charge in [0.1, 0.15) is 11.3 Å². The predicted octanol–water partition coefficient (Wildman–Crippen LogP) is 12.7. The van der Waals surface area contributed by atoms with E-state index in [1.54, 1.807) is 0 Å². The second kappa shape index (κ2) is 12.4. The van der Waals surface area contributed by atoms with Crippen molar-refractivity contribution >= 4 is 17.0 Å². The van der Waals surface area contributed by atoms with Crippen LogP contribution in [0.4, 0.5) is 0 Å². The molecule has 2 nitrogen and oxygen atoms in total. The Morgan fingerprint density at radius 3 is 1.36 bits per heavy atom. The topological polar surface area (TPSA) is 22.4 Å². The van der Waals surface area contributed by atoms with Crippen LogP contribution in [0, 0.1) is 0 Å². The van der Waals surface area contributed by atoms with Crippen LogP contribution < -0.4 is 4.74 Å². The summed E-state index contributed by atoms with van der Waals surface area (Å²) < 4.78 is 14.1. The highest BCUT2D eigenvalue weighted by Gasteiger charge is 2.37. The third kappa shape index (κ3) is 5.71. The molecule has 0 bridgehead atoms. The lowest BCUT2D eigenvalue weighted by Crippen LogP contribution is -2.26. The first kappa shape index (κ1) is 33.4. The van der Waals surface area contributed by atoms with E-state index in [4.69, 9.17) is 9.15 Å². The van der Waals surface area contributed by atoms with Gasteiger partial charge in [0, 0.05) is 32.6 Å². The quantitative estimate of drug-likeness (QED) is 0.163. The van der Waals surface area contributed by atoms with E-state index in [-0.39, 0.29) is 16.2 Å². The van der Waals surface area contributed by atoms with E-state index in [0.717, 1.165) is 27.9 Å². The van der Waals surface area contributed by atoms with Gasteiger partial charge >= 0.3 is 0 Å². The molecular formula is C48H48O2. The van der Waals surface area contributed by atoms with Gasteiger partial charge in [-0.15, -0.1) is 0 Å². The van der Waals surface area contributed by atoms with Gasteiger partial charge in [-0.1, -0.05) is 169 Å². The molecule has 50 heavy (non-hydrogen) atoms. The van der Waals surface area contributed by atoms with Gasteiger partial charge in [0.2, 0.25) is 0 Å². The number of hydrogen-bond donors (Lipinski definition) is 0. The fourth-order valence-electron chi connectivity index (χ4n) is 7.42. The molecule has 0 fully saturated rings. The van der Waals surface area contributed by atoms with Crippen LogP contribution in [-0.2, 0) is 21.7 Å². The Morgan fingerprint density at radius 2 is 0.860 bits per heavy atom. The van der Waals surface area contributed by atoms with Crippen molar-refractivity contribution in [1.29, 1.82) is 0 Å². The first-order valence-corrected chi connectivity index (χ1v) is 17.8. The first-order valence-electron chi connectivity index (χ1n) is 17.8. The van der Waals surface area contributed by atoms with Crippen molar-refractivity contribution in [2.75, 3.05) is 0 Å². The molecule has 0 N–H and O–H groups in total. The van der Waals surface area contributed by atoms with E-state index in [1.165, 1.54) is 33.4 Å². The number of hydrogen-bond acceptors (Lipinski definition) is 2. The Balaban J connectivity index is 1.53. The van der Waals surface area contributed by atoms with Gasteiger partial charge in [0.15, 0.2) is 0 Å². The summed E-state index contributed by atoms with van der Waals surface area (Å²) in [4.78, 5) is 0. The van der Waals surface area contributed by atoms with Crippen LogP contribution in [0.25, 0.3) is 17.0 Å². The van der Waals surface area contributed by atoms with Gasteiger partial charge in [-0.25, -0.2) is 0 Å². The van der Waals surface area contributed by atoms with Gasteiger partial charge in [-0.3, -0.25) is 0 Å². The molecule has 0 unspecified atom stereocenters. The molecule has 252 valence electrons. The fraction of sp³-hybridized carbons (Fsp3) is 0.250. The van der Waals surface area contributed by atoms with E-state index in [2.05, 4.69) is 201 Å². The zero-order valence-corrected chi connectivity index (χ0v) is 30.7. The van der Waals surface area contributed by atoms with Crippen LogP contribution >= 0.6 is 0 Å².